The molecule has 102 valence electrons. The van der Waals surface area contributed by atoms with Crippen molar-refractivity contribution in [2.45, 2.75) is 13.0 Å². The van der Waals surface area contributed by atoms with Gasteiger partial charge in [-0.1, -0.05) is 34.1 Å². The first-order valence-electron chi connectivity index (χ1n) is 6.04. The van der Waals surface area contributed by atoms with Gasteiger partial charge in [-0.15, -0.1) is 0 Å². The number of amides is 2. The number of carboxylic acids is 1. The zero-order valence-electron chi connectivity index (χ0n) is 10.3. The first kappa shape index (κ1) is 13.9. The lowest BCUT2D eigenvalue weighted by Crippen LogP contribution is -2.54. The van der Waals surface area contributed by atoms with Crippen molar-refractivity contribution in [2.75, 3.05) is 13.1 Å². The largest absolute Gasteiger partial charge is 0.481 e. The number of benzene rings is 1. The Morgan fingerprint density at radius 1 is 1.37 bits per heavy atom. The van der Waals surface area contributed by atoms with Gasteiger partial charge in [0.05, 0.1) is 6.42 Å². The first-order chi connectivity index (χ1) is 9.06. The van der Waals surface area contributed by atoms with E-state index in [0.29, 0.717) is 19.6 Å². The van der Waals surface area contributed by atoms with E-state index in [4.69, 9.17) is 5.11 Å². The molecule has 1 fully saturated rings. The van der Waals surface area contributed by atoms with Crippen LogP contribution >= 0.6 is 15.9 Å². The summed E-state index contributed by atoms with van der Waals surface area (Å²) in [5.41, 5.74) is 1.01. The third kappa shape index (κ3) is 3.70. The van der Waals surface area contributed by atoms with E-state index in [1.807, 2.05) is 24.3 Å². The molecule has 2 rings (SSSR count). The molecule has 0 bridgehead atoms. The number of carbonyl (C=O) groups is 2. The molecule has 2 N–H and O–H groups in total. The summed E-state index contributed by atoms with van der Waals surface area (Å²) in [7, 11) is 0. The number of aliphatic carboxylic acids is 1. The van der Waals surface area contributed by atoms with E-state index in [2.05, 4.69) is 21.2 Å². The van der Waals surface area contributed by atoms with E-state index in [1.54, 1.807) is 4.90 Å². The van der Waals surface area contributed by atoms with Crippen LogP contribution in [-0.4, -0.2) is 35.1 Å². The lowest BCUT2D eigenvalue weighted by Gasteiger charge is -2.38. The van der Waals surface area contributed by atoms with Crippen molar-refractivity contribution in [3.8, 4) is 0 Å². The molecule has 0 aliphatic carbocycles. The number of carbonyl (C=O) groups excluding carboxylic acids is 1. The topological polar surface area (TPSA) is 69.6 Å². The van der Waals surface area contributed by atoms with Crippen LogP contribution in [0.5, 0.6) is 0 Å². The fourth-order valence-corrected chi connectivity index (χ4v) is 2.46. The van der Waals surface area contributed by atoms with Crippen molar-refractivity contribution < 1.29 is 14.7 Å². The number of nitrogens with zero attached hydrogens (tertiary/aromatic N) is 1. The van der Waals surface area contributed by atoms with Gasteiger partial charge >= 0.3 is 12.0 Å². The lowest BCUT2D eigenvalue weighted by molar-refractivity contribution is -0.139. The molecule has 1 heterocycles. The Morgan fingerprint density at radius 3 is 2.68 bits per heavy atom. The highest BCUT2D eigenvalue weighted by Gasteiger charge is 2.31. The summed E-state index contributed by atoms with van der Waals surface area (Å²) in [6.07, 6.45) is 0.133. The van der Waals surface area contributed by atoms with Gasteiger partial charge in [0.2, 0.25) is 0 Å². The Morgan fingerprint density at radius 2 is 2.05 bits per heavy atom. The zero-order valence-corrected chi connectivity index (χ0v) is 11.9. The van der Waals surface area contributed by atoms with Crippen molar-refractivity contribution in [1.82, 2.24) is 10.2 Å². The SMILES string of the molecule is O=C(O)CC1CN(C(=O)NCc2ccccc2Br)C1. The molecular formula is C13H15BrN2O3. The standard InChI is InChI=1S/C13H15BrN2O3/c14-11-4-2-1-3-10(11)6-15-13(19)16-7-9(8-16)5-12(17)18/h1-4,9H,5-8H2,(H,15,19)(H,17,18). The van der Waals surface area contributed by atoms with Crippen LogP contribution in [0, 0.1) is 5.92 Å². The minimum atomic E-state index is -0.807. The highest BCUT2D eigenvalue weighted by Crippen LogP contribution is 2.19. The van der Waals surface area contributed by atoms with Crippen LogP contribution < -0.4 is 5.32 Å². The molecule has 0 unspecified atom stereocenters. The molecule has 2 amide bonds. The van der Waals surface area contributed by atoms with Crippen LogP contribution in [0.3, 0.4) is 0 Å². The van der Waals surface area contributed by atoms with Crippen LogP contribution in [0.25, 0.3) is 0 Å². The maximum Gasteiger partial charge on any atom is 0.317 e. The van der Waals surface area contributed by atoms with Gasteiger partial charge in [-0.2, -0.15) is 0 Å². The molecule has 0 saturated carbocycles. The van der Waals surface area contributed by atoms with Gasteiger partial charge in [-0.3, -0.25) is 4.79 Å². The van der Waals surface area contributed by atoms with E-state index < -0.39 is 5.97 Å². The summed E-state index contributed by atoms with van der Waals surface area (Å²) in [5, 5.41) is 11.5. The summed E-state index contributed by atoms with van der Waals surface area (Å²) in [6.45, 7) is 1.50. The van der Waals surface area contributed by atoms with Gasteiger partial charge in [0.15, 0.2) is 0 Å². The van der Waals surface area contributed by atoms with E-state index in [1.165, 1.54) is 0 Å². The third-order valence-corrected chi connectivity index (χ3v) is 3.87. The van der Waals surface area contributed by atoms with E-state index in [9.17, 15) is 9.59 Å². The number of rotatable bonds is 4. The molecule has 1 aliphatic rings. The van der Waals surface area contributed by atoms with Gasteiger partial charge in [0.1, 0.15) is 0 Å². The fourth-order valence-electron chi connectivity index (χ4n) is 2.04. The normalized spacial score (nSPS) is 14.9. The fraction of sp³-hybridized carbons (Fsp3) is 0.385. The molecule has 1 aromatic carbocycles. The second kappa shape index (κ2) is 6.06. The van der Waals surface area contributed by atoms with Crippen LogP contribution in [0.15, 0.2) is 28.7 Å². The van der Waals surface area contributed by atoms with Crippen LogP contribution in [0.1, 0.15) is 12.0 Å². The van der Waals surface area contributed by atoms with Crippen molar-refractivity contribution in [3.05, 3.63) is 34.3 Å². The molecule has 5 nitrogen and oxygen atoms in total. The summed E-state index contributed by atoms with van der Waals surface area (Å²) < 4.78 is 0.961. The smallest absolute Gasteiger partial charge is 0.317 e. The van der Waals surface area contributed by atoms with Crippen LogP contribution in [-0.2, 0) is 11.3 Å². The van der Waals surface area contributed by atoms with Gasteiger partial charge in [0, 0.05) is 30.0 Å². The monoisotopic (exact) mass is 326 g/mol. The van der Waals surface area contributed by atoms with E-state index in [0.717, 1.165) is 10.0 Å². The maximum atomic E-state index is 11.8. The predicted octanol–water partition coefficient (Wildman–Crippen LogP) is 2.07. The number of carboxylic acid groups (broad SMARTS) is 1. The number of nitrogens with one attached hydrogen (secondary N) is 1. The lowest BCUT2D eigenvalue weighted by atomic mass is 9.97. The molecule has 0 atom stereocenters. The summed E-state index contributed by atoms with van der Waals surface area (Å²) in [4.78, 5) is 23.9. The summed E-state index contributed by atoms with van der Waals surface area (Å²) >= 11 is 3.42. The van der Waals surface area contributed by atoms with Crippen LogP contribution in [0.2, 0.25) is 0 Å². The average Bonchev–Trinajstić information content (AvgIpc) is 2.31. The molecule has 1 aromatic rings. The molecule has 19 heavy (non-hydrogen) atoms. The van der Waals surface area contributed by atoms with Crippen molar-refractivity contribution in [2.24, 2.45) is 5.92 Å². The van der Waals surface area contributed by atoms with Gasteiger partial charge < -0.3 is 15.3 Å². The highest BCUT2D eigenvalue weighted by atomic mass is 79.9. The van der Waals surface area contributed by atoms with Gasteiger partial charge in [0.25, 0.3) is 0 Å². The Bertz CT molecular complexity index is 487. The summed E-state index contributed by atoms with van der Waals surface area (Å²) in [6, 6.07) is 7.55. The minimum Gasteiger partial charge on any atom is -0.481 e. The van der Waals surface area contributed by atoms with Gasteiger partial charge in [-0.05, 0) is 11.6 Å². The van der Waals surface area contributed by atoms with Crippen molar-refractivity contribution >= 4 is 27.9 Å². The van der Waals surface area contributed by atoms with Crippen molar-refractivity contribution in [3.63, 3.8) is 0 Å². The molecular weight excluding hydrogens is 312 g/mol. The Labute approximate surface area is 119 Å². The molecule has 6 heteroatoms. The van der Waals surface area contributed by atoms with Crippen molar-refractivity contribution in [1.29, 1.82) is 0 Å². The van der Waals surface area contributed by atoms with E-state index >= 15 is 0 Å². The van der Waals surface area contributed by atoms with Gasteiger partial charge in [-0.25, -0.2) is 4.79 Å². The Balaban J connectivity index is 1.75. The zero-order chi connectivity index (χ0) is 13.8. The maximum absolute atomic E-state index is 11.8. The second-order valence-electron chi connectivity index (χ2n) is 4.62. The first-order valence-corrected chi connectivity index (χ1v) is 6.83. The number of likely N-dealkylation sites (tertiary alicyclic amines) is 1. The number of hydrogen-bond acceptors (Lipinski definition) is 2. The Kier molecular flexibility index (Phi) is 4.42. The number of hydrogen-bond donors (Lipinski definition) is 2. The Hall–Kier alpha value is -1.56. The quantitative estimate of drug-likeness (QED) is 0.889. The number of urea groups is 1. The van der Waals surface area contributed by atoms with E-state index in [-0.39, 0.29) is 18.4 Å². The molecule has 1 aliphatic heterocycles. The number of halogens is 1. The minimum absolute atomic E-state index is 0.0895. The summed E-state index contributed by atoms with van der Waals surface area (Å²) in [5.74, 6) is -0.718. The molecule has 1 saturated heterocycles. The van der Waals surface area contributed by atoms with Crippen LogP contribution in [0.4, 0.5) is 4.79 Å². The molecule has 0 aromatic heterocycles. The third-order valence-electron chi connectivity index (χ3n) is 3.10. The molecule has 0 radical (unpaired) electrons. The highest BCUT2D eigenvalue weighted by molar-refractivity contribution is 9.10. The molecule has 0 spiro atoms. The predicted molar refractivity (Wildman–Crippen MR) is 73.7 cm³/mol. The average molecular weight is 327 g/mol. The second-order valence-corrected chi connectivity index (χ2v) is 5.47.